The molecule has 1 N–H and O–H groups in total. The molecule has 0 aliphatic carbocycles. The molecule has 0 fully saturated rings. The van der Waals surface area contributed by atoms with Crippen molar-refractivity contribution in [3.63, 3.8) is 0 Å². The van der Waals surface area contributed by atoms with Crippen molar-refractivity contribution in [2.24, 2.45) is 0 Å². The predicted octanol–water partition coefficient (Wildman–Crippen LogP) is 13.6. The number of rotatable bonds is 36. The fourth-order valence-corrected chi connectivity index (χ4v) is 7.28. The molecule has 5 heteroatoms. The number of hydrogen-bond donors (Lipinski definition) is 1. The molecule has 0 radical (unpaired) electrons. The Bertz CT molecular complexity index is 529. The molecule has 1 atom stereocenters. The van der Waals surface area contributed by atoms with E-state index in [0.717, 1.165) is 38.5 Å². The Balaban J connectivity index is 4.12. The minimum atomic E-state index is -3.69. The van der Waals surface area contributed by atoms with Crippen molar-refractivity contribution >= 4 is 7.75 Å². The van der Waals surface area contributed by atoms with Gasteiger partial charge in [0.15, 0.2) is 0 Å². The summed E-state index contributed by atoms with van der Waals surface area (Å²) in [6, 6.07) is 0. The normalized spacial score (nSPS) is 13.3. The molecular weight excluding hydrogens is 537 g/mol. The lowest BCUT2D eigenvalue weighted by molar-refractivity contribution is 0.194. The molecule has 0 aromatic rings. The van der Waals surface area contributed by atoms with Crippen LogP contribution in [-0.2, 0) is 9.09 Å². The molecule has 0 saturated heterocycles. The highest BCUT2D eigenvalue weighted by atomic mass is 31.2. The monoisotopic (exact) mass is 616 g/mol. The van der Waals surface area contributed by atoms with E-state index in [0.29, 0.717) is 19.7 Å². The van der Waals surface area contributed by atoms with Gasteiger partial charge in [-0.1, -0.05) is 201 Å². The van der Waals surface area contributed by atoms with Gasteiger partial charge in [-0.05, 0) is 19.3 Å². The highest BCUT2D eigenvalue weighted by molar-refractivity contribution is 7.50. The molecule has 254 valence electrons. The first-order valence-electron chi connectivity index (χ1n) is 19.3. The zero-order valence-corrected chi connectivity index (χ0v) is 30.1. The van der Waals surface area contributed by atoms with Crippen molar-refractivity contribution < 1.29 is 14.0 Å². The largest absolute Gasteiger partial charge is 0.405 e. The van der Waals surface area contributed by atoms with Crippen LogP contribution in [0.25, 0.3) is 0 Å². The molecule has 1 unspecified atom stereocenters. The van der Waals surface area contributed by atoms with Crippen LogP contribution in [0.3, 0.4) is 0 Å². The van der Waals surface area contributed by atoms with Crippen molar-refractivity contribution in [1.29, 1.82) is 0 Å². The summed E-state index contributed by atoms with van der Waals surface area (Å²) in [4.78, 5) is 10.8. The van der Waals surface area contributed by atoms with E-state index in [-0.39, 0.29) is 0 Å². The molecule has 0 rings (SSSR count). The molecule has 0 heterocycles. The van der Waals surface area contributed by atoms with E-state index in [2.05, 4.69) is 20.8 Å². The van der Waals surface area contributed by atoms with E-state index < -0.39 is 7.75 Å². The smallest absolute Gasteiger partial charge is 0.312 e. The molecule has 0 bridgehead atoms. The van der Waals surface area contributed by atoms with Crippen molar-refractivity contribution in [3.8, 4) is 0 Å². The molecule has 0 aromatic carbocycles. The van der Waals surface area contributed by atoms with Crippen LogP contribution in [0.2, 0.25) is 0 Å². The van der Waals surface area contributed by atoms with Crippen molar-refractivity contribution in [2.45, 2.75) is 220 Å². The standard InChI is InChI=1S/C37H78NO3P/c1-4-7-10-13-15-17-19-21-23-25-27-29-32-35-38(42(39,40)41-37-34-31-12-9-6-3)36-33-30-28-26-24-22-20-18-16-14-11-8-5-2/h4-37H2,1-3H3,(H,39,40). The molecule has 0 amide bonds. The highest BCUT2D eigenvalue weighted by Crippen LogP contribution is 2.47. The lowest BCUT2D eigenvalue weighted by Crippen LogP contribution is -2.24. The molecule has 0 aliphatic rings. The first-order chi connectivity index (χ1) is 20.6. The zero-order chi connectivity index (χ0) is 30.8. The maximum Gasteiger partial charge on any atom is 0.405 e. The summed E-state index contributed by atoms with van der Waals surface area (Å²) in [7, 11) is -3.69. The van der Waals surface area contributed by atoms with Crippen molar-refractivity contribution in [3.05, 3.63) is 0 Å². The molecular formula is C37H78NO3P. The fourth-order valence-electron chi connectivity index (χ4n) is 5.96. The van der Waals surface area contributed by atoms with Gasteiger partial charge in [-0.15, -0.1) is 0 Å². The second kappa shape index (κ2) is 34.0. The number of unbranched alkanes of at least 4 members (excludes halogenated alkanes) is 28. The SMILES string of the molecule is CCCCCCCCCCCCCCCN(CCCCCCCCCCCCCCC)P(=O)(O)OCCCCCCC. The quantitative estimate of drug-likeness (QED) is 0.0562. The number of hydrogen-bond acceptors (Lipinski definition) is 2. The summed E-state index contributed by atoms with van der Waals surface area (Å²) in [6.07, 6.45) is 40.0. The Hall–Kier alpha value is 0.110. The van der Waals surface area contributed by atoms with E-state index in [1.165, 1.54) is 161 Å². The minimum Gasteiger partial charge on any atom is -0.312 e. The van der Waals surface area contributed by atoms with Gasteiger partial charge in [0.05, 0.1) is 6.61 Å². The third kappa shape index (κ3) is 30.1. The van der Waals surface area contributed by atoms with Crippen LogP contribution in [-0.4, -0.2) is 29.3 Å². The second-order valence-corrected chi connectivity index (χ2v) is 15.0. The van der Waals surface area contributed by atoms with Crippen LogP contribution >= 0.6 is 7.75 Å². The van der Waals surface area contributed by atoms with Crippen LogP contribution in [0.15, 0.2) is 0 Å². The van der Waals surface area contributed by atoms with Crippen LogP contribution in [0.5, 0.6) is 0 Å². The maximum absolute atomic E-state index is 13.2. The summed E-state index contributed by atoms with van der Waals surface area (Å²) in [5, 5.41) is 0. The Morgan fingerprint density at radius 2 is 0.643 bits per heavy atom. The van der Waals surface area contributed by atoms with E-state index in [1.807, 2.05) is 0 Å². The summed E-state index contributed by atoms with van der Waals surface area (Å²) < 4.78 is 20.6. The van der Waals surface area contributed by atoms with Crippen LogP contribution in [0, 0.1) is 0 Å². The molecule has 0 spiro atoms. The summed E-state index contributed by atoms with van der Waals surface area (Å²) in [5.74, 6) is 0. The van der Waals surface area contributed by atoms with Gasteiger partial charge < -0.3 is 4.89 Å². The summed E-state index contributed by atoms with van der Waals surface area (Å²) in [6.45, 7) is 8.57. The lowest BCUT2D eigenvalue weighted by atomic mass is 10.0. The Kier molecular flexibility index (Phi) is 34.1. The van der Waals surface area contributed by atoms with Gasteiger partial charge in [0.2, 0.25) is 0 Å². The molecule has 0 saturated carbocycles. The van der Waals surface area contributed by atoms with Gasteiger partial charge in [0, 0.05) is 13.1 Å². The van der Waals surface area contributed by atoms with Crippen LogP contribution in [0.4, 0.5) is 0 Å². The van der Waals surface area contributed by atoms with E-state index in [9.17, 15) is 9.46 Å². The Morgan fingerprint density at radius 1 is 0.405 bits per heavy atom. The van der Waals surface area contributed by atoms with Crippen molar-refractivity contribution in [2.75, 3.05) is 19.7 Å². The molecule has 0 aliphatic heterocycles. The molecule has 0 aromatic heterocycles. The number of nitrogens with zero attached hydrogens (tertiary/aromatic N) is 1. The minimum absolute atomic E-state index is 0.408. The zero-order valence-electron chi connectivity index (χ0n) is 29.2. The van der Waals surface area contributed by atoms with E-state index in [1.54, 1.807) is 4.67 Å². The topological polar surface area (TPSA) is 49.8 Å². The highest BCUT2D eigenvalue weighted by Gasteiger charge is 2.28. The average molecular weight is 616 g/mol. The van der Waals surface area contributed by atoms with Gasteiger partial charge >= 0.3 is 7.75 Å². The predicted molar refractivity (Wildman–Crippen MR) is 187 cm³/mol. The fraction of sp³-hybridized carbons (Fsp3) is 1.00. The Labute approximate surface area is 265 Å². The first kappa shape index (κ1) is 42.1. The van der Waals surface area contributed by atoms with Gasteiger partial charge in [-0.2, -0.15) is 0 Å². The molecule has 42 heavy (non-hydrogen) atoms. The third-order valence-corrected chi connectivity index (χ3v) is 10.5. The third-order valence-electron chi connectivity index (χ3n) is 8.90. The van der Waals surface area contributed by atoms with Gasteiger partial charge in [0.1, 0.15) is 0 Å². The lowest BCUT2D eigenvalue weighted by Gasteiger charge is -2.26. The maximum atomic E-state index is 13.2. The average Bonchev–Trinajstić information content (AvgIpc) is 2.98. The second-order valence-electron chi connectivity index (χ2n) is 13.2. The summed E-state index contributed by atoms with van der Waals surface area (Å²) >= 11 is 0. The van der Waals surface area contributed by atoms with Gasteiger partial charge in [-0.3, -0.25) is 4.52 Å². The van der Waals surface area contributed by atoms with Gasteiger partial charge in [-0.25, -0.2) is 9.24 Å². The first-order valence-corrected chi connectivity index (χ1v) is 20.8. The van der Waals surface area contributed by atoms with Crippen LogP contribution < -0.4 is 0 Å². The van der Waals surface area contributed by atoms with E-state index in [4.69, 9.17) is 4.52 Å². The molecule has 4 nitrogen and oxygen atoms in total. The summed E-state index contributed by atoms with van der Waals surface area (Å²) in [5.41, 5.74) is 0. The van der Waals surface area contributed by atoms with Gasteiger partial charge in [0.25, 0.3) is 0 Å². The van der Waals surface area contributed by atoms with E-state index >= 15 is 0 Å². The van der Waals surface area contributed by atoms with Crippen molar-refractivity contribution in [1.82, 2.24) is 4.67 Å². The van der Waals surface area contributed by atoms with Crippen LogP contribution in [0.1, 0.15) is 220 Å². The Morgan fingerprint density at radius 3 is 0.929 bits per heavy atom.